The van der Waals surface area contributed by atoms with Crippen molar-refractivity contribution < 1.29 is 9.47 Å². The second kappa shape index (κ2) is 14.0. The van der Waals surface area contributed by atoms with Crippen molar-refractivity contribution in [1.82, 2.24) is 15.6 Å². The van der Waals surface area contributed by atoms with E-state index in [2.05, 4.69) is 46.5 Å². The van der Waals surface area contributed by atoms with Gasteiger partial charge in [-0.15, -0.1) is 24.0 Å². The average Bonchev–Trinajstić information content (AvgIpc) is 3.25. The first-order valence-corrected chi connectivity index (χ1v) is 11.1. The lowest BCUT2D eigenvalue weighted by Crippen LogP contribution is -2.49. The van der Waals surface area contributed by atoms with Gasteiger partial charge in [-0.25, -0.2) is 4.98 Å². The van der Waals surface area contributed by atoms with Crippen LogP contribution in [0.1, 0.15) is 38.2 Å². The van der Waals surface area contributed by atoms with Crippen molar-refractivity contribution in [1.29, 1.82) is 0 Å². The Kier molecular flexibility index (Phi) is 11.8. The van der Waals surface area contributed by atoms with Gasteiger partial charge < -0.3 is 25.0 Å². The van der Waals surface area contributed by atoms with Gasteiger partial charge in [0.05, 0.1) is 13.2 Å². The molecule has 1 aromatic heterocycles. The van der Waals surface area contributed by atoms with Gasteiger partial charge in [-0.2, -0.15) is 0 Å². The first kappa shape index (κ1) is 25.1. The minimum absolute atomic E-state index is 0. The summed E-state index contributed by atoms with van der Waals surface area (Å²) in [5.41, 5.74) is 1.20. The van der Waals surface area contributed by atoms with Crippen LogP contribution in [0.2, 0.25) is 0 Å². The molecule has 2 aliphatic rings. The van der Waals surface area contributed by atoms with Gasteiger partial charge in [-0.3, -0.25) is 4.99 Å². The summed E-state index contributed by atoms with van der Waals surface area (Å²) in [6.45, 7) is 11.2. The first-order chi connectivity index (χ1) is 14.2. The van der Waals surface area contributed by atoms with Crippen molar-refractivity contribution in [3.05, 3.63) is 23.9 Å². The quantitative estimate of drug-likeness (QED) is 0.221. The van der Waals surface area contributed by atoms with Crippen LogP contribution in [-0.2, 0) is 9.47 Å². The molecular formula is C22H38IN5O2. The van der Waals surface area contributed by atoms with Crippen LogP contribution in [0.4, 0.5) is 5.82 Å². The zero-order valence-electron chi connectivity index (χ0n) is 18.4. The molecule has 170 valence electrons. The van der Waals surface area contributed by atoms with Crippen LogP contribution in [-0.4, -0.2) is 69.6 Å². The maximum Gasteiger partial charge on any atom is 0.191 e. The zero-order chi connectivity index (χ0) is 20.3. The SMILES string of the molecule is CCNC(=NCCCOCC1CCOC1)NC1CCN(c2ccc(C)cn2)CC1.I. The summed E-state index contributed by atoms with van der Waals surface area (Å²) in [6, 6.07) is 4.71. The zero-order valence-corrected chi connectivity index (χ0v) is 20.8. The molecule has 0 radical (unpaired) electrons. The van der Waals surface area contributed by atoms with E-state index in [1.807, 2.05) is 6.20 Å². The molecule has 0 aromatic carbocycles. The number of hydrogen-bond acceptors (Lipinski definition) is 5. The second-order valence-electron chi connectivity index (χ2n) is 8.02. The number of aromatic nitrogens is 1. The topological polar surface area (TPSA) is 71.0 Å². The number of nitrogens with one attached hydrogen (secondary N) is 2. The maximum atomic E-state index is 5.77. The van der Waals surface area contributed by atoms with Crippen LogP contribution in [0.5, 0.6) is 0 Å². The lowest BCUT2D eigenvalue weighted by Gasteiger charge is -2.33. The summed E-state index contributed by atoms with van der Waals surface area (Å²) in [6.07, 6.45) is 6.20. The number of piperidine rings is 1. The number of hydrogen-bond donors (Lipinski definition) is 2. The largest absolute Gasteiger partial charge is 0.381 e. The van der Waals surface area contributed by atoms with E-state index in [9.17, 15) is 0 Å². The normalized spacial score (nSPS) is 20.1. The molecule has 7 nitrogen and oxygen atoms in total. The number of ether oxygens (including phenoxy) is 2. The minimum Gasteiger partial charge on any atom is -0.381 e. The summed E-state index contributed by atoms with van der Waals surface area (Å²) in [7, 11) is 0. The third kappa shape index (κ3) is 8.55. The molecule has 0 aliphatic carbocycles. The van der Waals surface area contributed by atoms with Gasteiger partial charge in [0.25, 0.3) is 0 Å². The number of guanidine groups is 1. The molecular weight excluding hydrogens is 493 g/mol. The van der Waals surface area contributed by atoms with E-state index in [1.165, 1.54) is 5.56 Å². The highest BCUT2D eigenvalue weighted by molar-refractivity contribution is 14.0. The van der Waals surface area contributed by atoms with Crippen LogP contribution in [0.15, 0.2) is 23.3 Å². The van der Waals surface area contributed by atoms with Crippen molar-refractivity contribution in [2.24, 2.45) is 10.9 Å². The average molecular weight is 531 g/mol. The van der Waals surface area contributed by atoms with Crippen molar-refractivity contribution in [2.75, 3.05) is 57.5 Å². The smallest absolute Gasteiger partial charge is 0.191 e. The molecule has 2 aliphatic heterocycles. The highest BCUT2D eigenvalue weighted by Gasteiger charge is 2.21. The van der Waals surface area contributed by atoms with Crippen molar-refractivity contribution in [2.45, 2.75) is 45.6 Å². The number of aryl methyl sites for hydroxylation is 1. The fourth-order valence-electron chi connectivity index (χ4n) is 3.74. The molecule has 2 N–H and O–H groups in total. The van der Waals surface area contributed by atoms with E-state index in [-0.39, 0.29) is 24.0 Å². The number of rotatable bonds is 9. The number of aliphatic imine (C=N–C) groups is 1. The fraction of sp³-hybridized carbons (Fsp3) is 0.727. The molecule has 1 atom stereocenters. The number of nitrogens with zero attached hydrogens (tertiary/aromatic N) is 3. The lowest BCUT2D eigenvalue weighted by molar-refractivity contribution is 0.0893. The summed E-state index contributed by atoms with van der Waals surface area (Å²) < 4.78 is 11.1. The van der Waals surface area contributed by atoms with Crippen LogP contribution in [0.3, 0.4) is 0 Å². The highest BCUT2D eigenvalue weighted by Crippen LogP contribution is 2.18. The van der Waals surface area contributed by atoms with Gasteiger partial charge in [0.1, 0.15) is 5.82 Å². The Morgan fingerprint density at radius 2 is 2.13 bits per heavy atom. The molecule has 30 heavy (non-hydrogen) atoms. The number of halogens is 1. The summed E-state index contributed by atoms with van der Waals surface area (Å²) in [5, 5.41) is 6.98. The van der Waals surface area contributed by atoms with Crippen molar-refractivity contribution in [3.63, 3.8) is 0 Å². The van der Waals surface area contributed by atoms with Gasteiger partial charge in [-0.1, -0.05) is 6.07 Å². The monoisotopic (exact) mass is 531 g/mol. The summed E-state index contributed by atoms with van der Waals surface area (Å²) in [4.78, 5) is 11.7. The van der Waals surface area contributed by atoms with Gasteiger partial charge >= 0.3 is 0 Å². The van der Waals surface area contributed by atoms with Gasteiger partial charge in [0.15, 0.2) is 5.96 Å². The standard InChI is InChI=1S/C22H37N5O2.HI/c1-3-23-22(24-10-4-13-28-16-19-9-14-29-17-19)26-20-7-11-27(12-8-20)21-6-5-18(2)15-25-21;/h5-6,15,19-20H,3-4,7-14,16-17H2,1-2H3,(H2,23,24,26);1H. The maximum absolute atomic E-state index is 5.77. The van der Waals surface area contributed by atoms with Crippen LogP contribution >= 0.6 is 24.0 Å². The van der Waals surface area contributed by atoms with Gasteiger partial charge in [0.2, 0.25) is 0 Å². The molecule has 1 aromatic rings. The van der Waals surface area contributed by atoms with E-state index < -0.39 is 0 Å². The Labute approximate surface area is 198 Å². The number of anilines is 1. The Hall–Kier alpha value is -1.13. The molecule has 3 rings (SSSR count). The Morgan fingerprint density at radius 1 is 1.30 bits per heavy atom. The fourth-order valence-corrected chi connectivity index (χ4v) is 3.74. The molecule has 0 bridgehead atoms. The van der Waals surface area contributed by atoms with Gasteiger partial charge in [0, 0.05) is 57.5 Å². The molecule has 1 unspecified atom stereocenters. The Balaban J connectivity index is 0.00000320. The third-order valence-electron chi connectivity index (χ3n) is 5.49. The number of pyridine rings is 1. The van der Waals surface area contributed by atoms with E-state index in [1.54, 1.807) is 0 Å². The molecule has 3 heterocycles. The highest BCUT2D eigenvalue weighted by atomic mass is 127. The van der Waals surface area contributed by atoms with E-state index in [4.69, 9.17) is 14.5 Å². The third-order valence-corrected chi connectivity index (χ3v) is 5.49. The van der Waals surface area contributed by atoms with Crippen molar-refractivity contribution >= 4 is 35.8 Å². The summed E-state index contributed by atoms with van der Waals surface area (Å²) >= 11 is 0. The van der Waals surface area contributed by atoms with Crippen molar-refractivity contribution in [3.8, 4) is 0 Å². The molecule has 0 spiro atoms. The first-order valence-electron chi connectivity index (χ1n) is 11.1. The molecule has 8 heteroatoms. The second-order valence-corrected chi connectivity index (χ2v) is 8.02. The van der Waals surface area contributed by atoms with Crippen LogP contribution in [0.25, 0.3) is 0 Å². The molecule has 2 fully saturated rings. The Bertz CT molecular complexity index is 614. The van der Waals surface area contributed by atoms with E-state index in [0.717, 1.165) is 90.1 Å². The predicted octanol–water partition coefficient (Wildman–Crippen LogP) is 2.98. The van der Waals surface area contributed by atoms with E-state index >= 15 is 0 Å². The molecule has 0 saturated carbocycles. The summed E-state index contributed by atoms with van der Waals surface area (Å²) in [5.74, 6) is 2.58. The molecule has 0 amide bonds. The Morgan fingerprint density at radius 3 is 2.80 bits per heavy atom. The minimum atomic E-state index is 0. The lowest BCUT2D eigenvalue weighted by atomic mass is 10.1. The van der Waals surface area contributed by atoms with Crippen LogP contribution in [0, 0.1) is 12.8 Å². The van der Waals surface area contributed by atoms with Gasteiger partial charge in [-0.05, 0) is 51.2 Å². The predicted molar refractivity (Wildman–Crippen MR) is 133 cm³/mol. The van der Waals surface area contributed by atoms with Crippen LogP contribution < -0.4 is 15.5 Å². The van der Waals surface area contributed by atoms with E-state index in [0.29, 0.717) is 12.0 Å². The molecule has 2 saturated heterocycles.